The van der Waals surface area contributed by atoms with E-state index in [1.165, 1.54) is 16.6 Å². The Morgan fingerprint density at radius 3 is 2.85 bits per heavy atom. The number of amides is 1. The van der Waals surface area contributed by atoms with Gasteiger partial charge in [-0.3, -0.25) is 4.79 Å². The summed E-state index contributed by atoms with van der Waals surface area (Å²) in [6.07, 6.45) is 3.19. The highest BCUT2D eigenvalue weighted by molar-refractivity contribution is 6.37. The van der Waals surface area contributed by atoms with E-state index >= 15 is 0 Å². The van der Waals surface area contributed by atoms with Crippen LogP contribution in [0.5, 0.6) is 0 Å². The highest BCUT2D eigenvalue weighted by atomic mass is 35.5. The van der Waals surface area contributed by atoms with Gasteiger partial charge in [0, 0.05) is 33.3 Å². The van der Waals surface area contributed by atoms with Gasteiger partial charge in [0.1, 0.15) is 0 Å². The van der Waals surface area contributed by atoms with E-state index < -0.39 is 0 Å². The first-order chi connectivity index (χ1) is 13.0. The number of aromatic nitrogens is 1. The summed E-state index contributed by atoms with van der Waals surface area (Å²) in [5.41, 5.74) is 4.93. The molecule has 0 saturated carbocycles. The molecule has 27 heavy (non-hydrogen) atoms. The number of anilines is 1. The molecule has 6 heteroatoms. The number of benzene rings is 2. The van der Waals surface area contributed by atoms with Crippen molar-refractivity contribution in [3.63, 3.8) is 0 Å². The molecule has 4 nitrogen and oxygen atoms in total. The van der Waals surface area contributed by atoms with Gasteiger partial charge in [0.05, 0.1) is 10.6 Å². The van der Waals surface area contributed by atoms with E-state index in [-0.39, 0.29) is 5.91 Å². The van der Waals surface area contributed by atoms with Crippen LogP contribution in [-0.2, 0) is 12.8 Å². The molecule has 0 saturated heterocycles. The molecule has 140 valence electrons. The molecule has 0 radical (unpaired) electrons. The lowest BCUT2D eigenvalue weighted by Gasteiger charge is -2.23. The predicted molar refractivity (Wildman–Crippen MR) is 112 cm³/mol. The number of likely N-dealkylation sites (N-methyl/N-ethyl adjacent to an activating group) is 1. The van der Waals surface area contributed by atoms with E-state index in [1.54, 1.807) is 18.2 Å². The largest absolute Gasteiger partial charge is 0.358 e. The number of hydrogen-bond acceptors (Lipinski definition) is 2. The average molecular weight is 402 g/mol. The maximum atomic E-state index is 12.6. The Kier molecular flexibility index (Phi) is 5.13. The Balaban J connectivity index is 1.62. The van der Waals surface area contributed by atoms with Gasteiger partial charge in [-0.05, 0) is 67.8 Å². The van der Waals surface area contributed by atoms with Crippen LogP contribution >= 0.6 is 23.2 Å². The molecule has 3 N–H and O–H groups in total. The fraction of sp³-hybridized carbons (Fsp3) is 0.286. The van der Waals surface area contributed by atoms with Crippen LogP contribution in [0.3, 0.4) is 0 Å². The molecule has 1 amide bonds. The van der Waals surface area contributed by atoms with E-state index in [2.05, 4.69) is 22.5 Å². The molecule has 1 atom stereocenters. The van der Waals surface area contributed by atoms with Crippen LogP contribution in [0, 0.1) is 0 Å². The third kappa shape index (κ3) is 3.70. The van der Waals surface area contributed by atoms with Crippen molar-refractivity contribution in [3.8, 4) is 0 Å². The van der Waals surface area contributed by atoms with Crippen LogP contribution in [0.4, 0.5) is 5.69 Å². The molecule has 3 aromatic rings. The number of halogens is 2. The number of hydrogen-bond donors (Lipinski definition) is 3. The summed E-state index contributed by atoms with van der Waals surface area (Å²) in [6, 6.07) is 11.4. The molecular weight excluding hydrogens is 381 g/mol. The van der Waals surface area contributed by atoms with Gasteiger partial charge in [0.25, 0.3) is 5.91 Å². The monoisotopic (exact) mass is 401 g/mol. The third-order valence-electron chi connectivity index (χ3n) is 5.11. The van der Waals surface area contributed by atoms with Crippen LogP contribution in [0.1, 0.15) is 35.0 Å². The Morgan fingerprint density at radius 1 is 1.22 bits per heavy atom. The van der Waals surface area contributed by atoms with E-state index in [1.807, 2.05) is 18.2 Å². The normalized spacial score (nSPS) is 16.3. The number of nitrogens with one attached hydrogen (secondary N) is 3. The topological polar surface area (TPSA) is 56.9 Å². The zero-order valence-electron chi connectivity index (χ0n) is 15.0. The maximum Gasteiger partial charge on any atom is 0.257 e. The van der Waals surface area contributed by atoms with Crippen LogP contribution in [0.2, 0.25) is 10.0 Å². The Morgan fingerprint density at radius 2 is 2.07 bits per heavy atom. The van der Waals surface area contributed by atoms with E-state index in [0.29, 0.717) is 21.7 Å². The van der Waals surface area contributed by atoms with Gasteiger partial charge in [-0.15, -0.1) is 0 Å². The highest BCUT2D eigenvalue weighted by Gasteiger charge is 2.22. The number of H-pyrrole nitrogens is 1. The van der Waals surface area contributed by atoms with Crippen LogP contribution in [0.15, 0.2) is 36.4 Å². The number of rotatable bonds is 4. The molecular formula is C21H21Cl2N3O. The summed E-state index contributed by atoms with van der Waals surface area (Å²) in [4.78, 5) is 16.1. The summed E-state index contributed by atoms with van der Waals surface area (Å²) in [5, 5.41) is 8.52. The summed E-state index contributed by atoms with van der Waals surface area (Å²) < 4.78 is 0. The molecule has 0 bridgehead atoms. The maximum absolute atomic E-state index is 12.6. The second-order valence-electron chi connectivity index (χ2n) is 6.92. The molecule has 1 aliphatic carbocycles. The molecule has 1 aliphatic rings. The molecule has 0 aliphatic heterocycles. The molecule has 1 unspecified atom stereocenters. The zero-order chi connectivity index (χ0) is 19.0. The molecule has 1 heterocycles. The summed E-state index contributed by atoms with van der Waals surface area (Å²) in [7, 11) is 0. The molecule has 2 aromatic carbocycles. The third-order valence-corrected chi connectivity index (χ3v) is 5.66. The lowest BCUT2D eigenvalue weighted by Crippen LogP contribution is -2.34. The molecule has 1 aromatic heterocycles. The van der Waals surface area contributed by atoms with Gasteiger partial charge in [-0.25, -0.2) is 0 Å². The van der Waals surface area contributed by atoms with E-state index in [4.69, 9.17) is 23.2 Å². The second-order valence-corrected chi connectivity index (χ2v) is 7.76. The van der Waals surface area contributed by atoms with Crippen LogP contribution in [0.25, 0.3) is 10.9 Å². The van der Waals surface area contributed by atoms with Crippen molar-refractivity contribution in [1.29, 1.82) is 0 Å². The summed E-state index contributed by atoms with van der Waals surface area (Å²) in [6.45, 7) is 3.12. The molecule has 4 rings (SSSR count). The fourth-order valence-corrected chi connectivity index (χ4v) is 4.32. The first-order valence-corrected chi connectivity index (χ1v) is 9.94. The van der Waals surface area contributed by atoms with Crippen molar-refractivity contribution in [2.45, 2.75) is 32.2 Å². The van der Waals surface area contributed by atoms with Gasteiger partial charge in [-0.1, -0.05) is 30.1 Å². The number of carbonyl (C=O) groups is 1. The van der Waals surface area contributed by atoms with Crippen molar-refractivity contribution in [2.24, 2.45) is 0 Å². The van der Waals surface area contributed by atoms with Gasteiger partial charge >= 0.3 is 0 Å². The van der Waals surface area contributed by atoms with Crippen molar-refractivity contribution in [2.75, 3.05) is 11.9 Å². The van der Waals surface area contributed by atoms with E-state index in [9.17, 15) is 4.79 Å². The predicted octanol–water partition coefficient (Wildman–Crippen LogP) is 5.19. The number of aromatic amines is 1. The van der Waals surface area contributed by atoms with Gasteiger partial charge in [-0.2, -0.15) is 0 Å². The van der Waals surface area contributed by atoms with Crippen molar-refractivity contribution >= 4 is 45.7 Å². The zero-order valence-corrected chi connectivity index (χ0v) is 16.5. The average Bonchev–Trinajstić information content (AvgIpc) is 2.99. The number of aryl methyl sites for hydroxylation is 1. The molecule has 0 fully saturated rings. The minimum Gasteiger partial charge on any atom is -0.358 e. The molecule has 0 spiro atoms. The van der Waals surface area contributed by atoms with Gasteiger partial charge in [0.15, 0.2) is 0 Å². The van der Waals surface area contributed by atoms with Crippen molar-refractivity contribution < 1.29 is 4.79 Å². The van der Waals surface area contributed by atoms with E-state index in [0.717, 1.165) is 37.0 Å². The first-order valence-electron chi connectivity index (χ1n) is 9.18. The quantitative estimate of drug-likeness (QED) is 0.562. The minimum absolute atomic E-state index is 0.244. The second kappa shape index (κ2) is 7.55. The van der Waals surface area contributed by atoms with Crippen molar-refractivity contribution in [1.82, 2.24) is 10.3 Å². The summed E-state index contributed by atoms with van der Waals surface area (Å²) >= 11 is 12.1. The smallest absolute Gasteiger partial charge is 0.257 e. The SMILES string of the molecule is CCNC1CCc2[nH]c3ccc(NC(=O)c4ccc(Cl)cc4Cl)cc3c2C1. The Bertz CT molecular complexity index is 1010. The van der Waals surface area contributed by atoms with Crippen LogP contribution < -0.4 is 10.6 Å². The number of carbonyl (C=O) groups excluding carboxylic acids is 1. The van der Waals surface area contributed by atoms with Gasteiger partial charge in [0.2, 0.25) is 0 Å². The number of fused-ring (bicyclic) bond motifs is 3. The Labute approximate surface area is 168 Å². The highest BCUT2D eigenvalue weighted by Crippen LogP contribution is 2.31. The van der Waals surface area contributed by atoms with Gasteiger partial charge < -0.3 is 15.6 Å². The lowest BCUT2D eigenvalue weighted by atomic mass is 9.91. The summed E-state index contributed by atoms with van der Waals surface area (Å²) in [5.74, 6) is -0.244. The standard InChI is InChI=1S/C21H21Cl2N3O/c1-2-24-13-4-7-19-16(10-13)17-11-14(5-8-20(17)26-19)25-21(27)15-6-3-12(22)9-18(15)23/h3,5-6,8-9,11,13,24,26H,2,4,7,10H2,1H3,(H,25,27). The first kappa shape index (κ1) is 18.4. The van der Waals surface area contributed by atoms with Crippen molar-refractivity contribution in [3.05, 3.63) is 63.3 Å². The lowest BCUT2D eigenvalue weighted by molar-refractivity contribution is 0.102. The fourth-order valence-electron chi connectivity index (χ4n) is 3.83. The minimum atomic E-state index is -0.244. The van der Waals surface area contributed by atoms with Crippen LogP contribution in [-0.4, -0.2) is 23.5 Å². The Hall–Kier alpha value is -2.01.